The summed E-state index contributed by atoms with van der Waals surface area (Å²) in [6.45, 7) is 4.26. The summed E-state index contributed by atoms with van der Waals surface area (Å²) >= 11 is 1.19. The summed E-state index contributed by atoms with van der Waals surface area (Å²) in [4.78, 5) is 12.0. The molecule has 0 radical (unpaired) electrons. The molecule has 0 fully saturated rings. The highest BCUT2D eigenvalue weighted by atomic mass is 32.2. The van der Waals surface area contributed by atoms with E-state index in [4.69, 9.17) is 0 Å². The molecule has 1 N–H and O–H groups in total. The monoisotopic (exact) mass is 366 g/mol. The standard InChI is InChI=1S/C17H22N2O3S2/c1-13-8-9-15(14(2)12-13)18-16(20)6-4-10-19(3)24(21,22)17-7-5-11-23-17/h5,7-9,11-12H,4,6,10H2,1-3H3,(H,18,20). The fraction of sp³-hybridized carbons (Fsp3) is 0.353. The van der Waals surface area contributed by atoms with Crippen LogP contribution >= 0.6 is 11.3 Å². The first-order valence-electron chi connectivity index (χ1n) is 7.67. The number of hydrogen-bond donors (Lipinski definition) is 1. The maximum atomic E-state index is 12.3. The number of rotatable bonds is 7. The van der Waals surface area contributed by atoms with Crippen molar-refractivity contribution in [2.75, 3.05) is 18.9 Å². The van der Waals surface area contributed by atoms with E-state index in [-0.39, 0.29) is 12.3 Å². The number of hydrogen-bond acceptors (Lipinski definition) is 4. The molecular weight excluding hydrogens is 344 g/mol. The van der Waals surface area contributed by atoms with E-state index in [1.54, 1.807) is 17.5 Å². The van der Waals surface area contributed by atoms with Gasteiger partial charge in [0, 0.05) is 25.7 Å². The number of thiophene rings is 1. The van der Waals surface area contributed by atoms with E-state index >= 15 is 0 Å². The molecule has 1 aromatic carbocycles. The van der Waals surface area contributed by atoms with E-state index in [9.17, 15) is 13.2 Å². The molecule has 0 saturated carbocycles. The number of amides is 1. The molecular formula is C17H22N2O3S2. The van der Waals surface area contributed by atoms with Crippen molar-refractivity contribution >= 4 is 33.0 Å². The van der Waals surface area contributed by atoms with Crippen LogP contribution in [0, 0.1) is 13.8 Å². The van der Waals surface area contributed by atoms with Gasteiger partial charge in [-0.1, -0.05) is 23.8 Å². The van der Waals surface area contributed by atoms with E-state index in [2.05, 4.69) is 5.32 Å². The summed E-state index contributed by atoms with van der Waals surface area (Å²) in [6, 6.07) is 9.14. The maximum absolute atomic E-state index is 12.3. The molecule has 1 amide bonds. The second-order valence-electron chi connectivity index (χ2n) is 5.73. The van der Waals surface area contributed by atoms with E-state index in [0.717, 1.165) is 16.8 Å². The van der Waals surface area contributed by atoms with Gasteiger partial charge < -0.3 is 5.32 Å². The first kappa shape index (κ1) is 18.6. The zero-order valence-electron chi connectivity index (χ0n) is 14.1. The smallest absolute Gasteiger partial charge is 0.252 e. The molecule has 0 bridgehead atoms. The summed E-state index contributed by atoms with van der Waals surface area (Å²) in [5.41, 5.74) is 2.96. The first-order valence-corrected chi connectivity index (χ1v) is 9.99. The van der Waals surface area contributed by atoms with Gasteiger partial charge in [0.25, 0.3) is 10.0 Å². The largest absolute Gasteiger partial charge is 0.326 e. The van der Waals surface area contributed by atoms with E-state index < -0.39 is 10.0 Å². The van der Waals surface area contributed by atoms with Crippen molar-refractivity contribution in [3.63, 3.8) is 0 Å². The second kappa shape index (κ2) is 7.92. The van der Waals surface area contributed by atoms with E-state index in [0.29, 0.717) is 17.2 Å². The minimum Gasteiger partial charge on any atom is -0.326 e. The van der Waals surface area contributed by atoms with Crippen LogP contribution in [0.3, 0.4) is 0 Å². The normalized spacial score (nSPS) is 11.7. The molecule has 1 aromatic heterocycles. The lowest BCUT2D eigenvalue weighted by molar-refractivity contribution is -0.116. The number of carbonyl (C=O) groups is 1. The molecule has 0 aliphatic heterocycles. The molecule has 0 atom stereocenters. The number of nitrogens with zero attached hydrogens (tertiary/aromatic N) is 1. The SMILES string of the molecule is Cc1ccc(NC(=O)CCCN(C)S(=O)(=O)c2cccs2)c(C)c1. The Morgan fingerprint density at radius 3 is 2.62 bits per heavy atom. The highest BCUT2D eigenvalue weighted by Crippen LogP contribution is 2.20. The lowest BCUT2D eigenvalue weighted by atomic mass is 10.1. The predicted molar refractivity (Wildman–Crippen MR) is 97.9 cm³/mol. The van der Waals surface area contributed by atoms with Gasteiger partial charge in [0.2, 0.25) is 5.91 Å². The molecule has 0 spiro atoms. The van der Waals surface area contributed by atoms with Crippen molar-refractivity contribution in [1.29, 1.82) is 0 Å². The summed E-state index contributed by atoms with van der Waals surface area (Å²) in [5.74, 6) is -0.108. The van der Waals surface area contributed by atoms with Crippen LogP contribution in [-0.4, -0.2) is 32.2 Å². The van der Waals surface area contributed by atoms with Crippen LogP contribution in [0.15, 0.2) is 39.9 Å². The highest BCUT2D eigenvalue weighted by molar-refractivity contribution is 7.91. The number of nitrogens with one attached hydrogen (secondary N) is 1. The molecule has 0 unspecified atom stereocenters. The zero-order valence-corrected chi connectivity index (χ0v) is 15.7. The van der Waals surface area contributed by atoms with Crippen LogP contribution in [0.25, 0.3) is 0 Å². The molecule has 7 heteroatoms. The minimum atomic E-state index is -3.44. The van der Waals surface area contributed by atoms with Crippen molar-refractivity contribution in [3.05, 3.63) is 46.8 Å². The number of aryl methyl sites for hydroxylation is 2. The third kappa shape index (κ3) is 4.66. The average Bonchev–Trinajstić information content (AvgIpc) is 3.05. The van der Waals surface area contributed by atoms with Crippen LogP contribution in [0.4, 0.5) is 5.69 Å². The molecule has 0 aliphatic carbocycles. The van der Waals surface area contributed by atoms with Gasteiger partial charge in [-0.15, -0.1) is 11.3 Å². The quantitative estimate of drug-likeness (QED) is 0.817. The summed E-state index contributed by atoms with van der Waals surface area (Å²) in [7, 11) is -1.91. The first-order chi connectivity index (χ1) is 11.3. The van der Waals surface area contributed by atoms with Gasteiger partial charge >= 0.3 is 0 Å². The summed E-state index contributed by atoms with van der Waals surface area (Å²) in [6.07, 6.45) is 0.746. The van der Waals surface area contributed by atoms with Crippen LogP contribution in [0.1, 0.15) is 24.0 Å². The number of anilines is 1. The summed E-state index contributed by atoms with van der Waals surface area (Å²) < 4.78 is 26.2. The topological polar surface area (TPSA) is 66.5 Å². The van der Waals surface area contributed by atoms with Gasteiger partial charge in [0.1, 0.15) is 4.21 Å². The Bertz CT molecular complexity index is 799. The highest BCUT2D eigenvalue weighted by Gasteiger charge is 2.21. The van der Waals surface area contributed by atoms with Crippen LogP contribution < -0.4 is 5.32 Å². The third-order valence-electron chi connectivity index (χ3n) is 3.69. The van der Waals surface area contributed by atoms with Crippen molar-refractivity contribution in [1.82, 2.24) is 4.31 Å². The Balaban J connectivity index is 1.84. The van der Waals surface area contributed by atoms with E-state index in [1.807, 2.05) is 32.0 Å². The molecule has 5 nitrogen and oxygen atoms in total. The Kier molecular flexibility index (Phi) is 6.15. The minimum absolute atomic E-state index is 0.108. The fourth-order valence-corrected chi connectivity index (χ4v) is 4.72. The fourth-order valence-electron chi connectivity index (χ4n) is 2.31. The molecule has 2 rings (SSSR count). The van der Waals surface area contributed by atoms with Crippen LogP contribution in [-0.2, 0) is 14.8 Å². The predicted octanol–water partition coefficient (Wildman–Crippen LogP) is 3.40. The van der Waals surface area contributed by atoms with Crippen LogP contribution in [0.2, 0.25) is 0 Å². The Labute approximate surface area is 147 Å². The maximum Gasteiger partial charge on any atom is 0.252 e. The molecule has 2 aromatic rings. The Hall–Kier alpha value is -1.70. The van der Waals surface area contributed by atoms with E-state index in [1.165, 1.54) is 22.7 Å². The van der Waals surface area contributed by atoms with Gasteiger partial charge in [0.15, 0.2) is 0 Å². The van der Waals surface area contributed by atoms with Crippen molar-refractivity contribution < 1.29 is 13.2 Å². The van der Waals surface area contributed by atoms with Crippen molar-refractivity contribution in [2.24, 2.45) is 0 Å². The lowest BCUT2D eigenvalue weighted by Gasteiger charge is -2.16. The number of benzene rings is 1. The van der Waals surface area contributed by atoms with Gasteiger partial charge in [-0.05, 0) is 43.3 Å². The number of sulfonamides is 1. The van der Waals surface area contributed by atoms with Crippen molar-refractivity contribution in [2.45, 2.75) is 30.9 Å². The molecule has 0 saturated heterocycles. The second-order valence-corrected chi connectivity index (χ2v) is 8.95. The van der Waals surface area contributed by atoms with Gasteiger partial charge in [-0.25, -0.2) is 12.7 Å². The Morgan fingerprint density at radius 1 is 1.25 bits per heavy atom. The number of carbonyl (C=O) groups excluding carboxylic acids is 1. The van der Waals surface area contributed by atoms with Gasteiger partial charge in [-0.2, -0.15) is 0 Å². The Morgan fingerprint density at radius 2 is 2.00 bits per heavy atom. The van der Waals surface area contributed by atoms with Crippen molar-refractivity contribution in [3.8, 4) is 0 Å². The molecule has 1 heterocycles. The molecule has 130 valence electrons. The van der Waals surface area contributed by atoms with Gasteiger partial charge in [0.05, 0.1) is 0 Å². The van der Waals surface area contributed by atoms with Crippen LogP contribution in [0.5, 0.6) is 0 Å². The summed E-state index contributed by atoms with van der Waals surface area (Å²) in [5, 5.41) is 4.61. The third-order valence-corrected chi connectivity index (χ3v) is 6.92. The zero-order chi connectivity index (χ0) is 17.7. The van der Waals surface area contributed by atoms with Gasteiger partial charge in [-0.3, -0.25) is 4.79 Å². The molecule has 24 heavy (non-hydrogen) atoms. The average molecular weight is 367 g/mol. The lowest BCUT2D eigenvalue weighted by Crippen LogP contribution is -2.28. The molecule has 0 aliphatic rings.